The summed E-state index contributed by atoms with van der Waals surface area (Å²) < 4.78 is 5.85. The number of piperidine rings is 1. The molecule has 2 atom stereocenters. The van der Waals surface area contributed by atoms with Crippen LogP contribution in [0.3, 0.4) is 0 Å². The summed E-state index contributed by atoms with van der Waals surface area (Å²) >= 11 is 0. The lowest BCUT2D eigenvalue weighted by molar-refractivity contribution is -0.0420. The van der Waals surface area contributed by atoms with Gasteiger partial charge >= 0.3 is 6.09 Å². The molecule has 2 aliphatic heterocycles. The van der Waals surface area contributed by atoms with E-state index in [1.165, 1.54) is 12.8 Å². The van der Waals surface area contributed by atoms with Crippen molar-refractivity contribution in [2.75, 3.05) is 25.0 Å². The van der Waals surface area contributed by atoms with Gasteiger partial charge in [-0.25, -0.2) is 4.79 Å². The van der Waals surface area contributed by atoms with Gasteiger partial charge in [-0.15, -0.1) is 0 Å². The number of hydrogen-bond acceptors (Lipinski definition) is 3. The molecule has 1 saturated carbocycles. The van der Waals surface area contributed by atoms with Crippen molar-refractivity contribution in [2.45, 2.75) is 45.1 Å². The zero-order valence-corrected chi connectivity index (χ0v) is 15.8. The average Bonchev–Trinajstić information content (AvgIpc) is 2.63. The largest absolute Gasteiger partial charge is 0.438 e. The third kappa shape index (κ3) is 2.34. The van der Waals surface area contributed by atoms with Gasteiger partial charge in [0, 0.05) is 38.0 Å². The van der Waals surface area contributed by atoms with Gasteiger partial charge in [0.1, 0.15) is 5.60 Å². The SMILES string of the molecule is CC1(C)C2CC=C(CN3CCC4(CC3)OC(=O)Nc3ccccc34)[C@@H]1C2. The van der Waals surface area contributed by atoms with Crippen LogP contribution in [0.15, 0.2) is 35.9 Å². The molecule has 3 aliphatic carbocycles. The van der Waals surface area contributed by atoms with Gasteiger partial charge in [0.05, 0.1) is 5.69 Å². The van der Waals surface area contributed by atoms with Crippen molar-refractivity contribution in [1.82, 2.24) is 4.90 Å². The molecule has 4 heteroatoms. The fraction of sp³-hybridized carbons (Fsp3) is 0.591. The number of para-hydroxylation sites is 1. The summed E-state index contributed by atoms with van der Waals surface area (Å²) in [4.78, 5) is 14.6. The minimum atomic E-state index is -0.447. The Bertz CT molecular complexity index is 774. The van der Waals surface area contributed by atoms with Crippen LogP contribution in [0.1, 0.15) is 45.1 Å². The maximum Gasteiger partial charge on any atom is 0.412 e. The first-order valence-corrected chi connectivity index (χ1v) is 9.99. The van der Waals surface area contributed by atoms with E-state index in [0.29, 0.717) is 5.41 Å². The highest BCUT2D eigenvalue weighted by Crippen LogP contribution is 2.59. The number of ether oxygens (including phenoxy) is 1. The highest BCUT2D eigenvalue weighted by molar-refractivity contribution is 5.88. The van der Waals surface area contributed by atoms with Gasteiger partial charge < -0.3 is 4.74 Å². The molecule has 1 N–H and O–H groups in total. The number of nitrogens with zero attached hydrogens (tertiary/aromatic N) is 1. The number of nitrogens with one attached hydrogen (secondary N) is 1. The lowest BCUT2D eigenvalue weighted by Gasteiger charge is -2.57. The monoisotopic (exact) mass is 352 g/mol. The van der Waals surface area contributed by atoms with Crippen LogP contribution in [-0.4, -0.2) is 30.6 Å². The molecule has 2 heterocycles. The predicted octanol–water partition coefficient (Wildman–Crippen LogP) is 4.53. The maximum atomic E-state index is 12.1. The first-order chi connectivity index (χ1) is 12.5. The number of hydrogen-bond donors (Lipinski definition) is 1. The summed E-state index contributed by atoms with van der Waals surface area (Å²) in [5.41, 5.74) is 3.74. The molecule has 1 spiro atoms. The Morgan fingerprint density at radius 2 is 2.00 bits per heavy atom. The average molecular weight is 352 g/mol. The van der Waals surface area contributed by atoms with Gasteiger partial charge in [-0.05, 0) is 36.2 Å². The Labute approximate surface area is 155 Å². The Hall–Kier alpha value is -1.81. The van der Waals surface area contributed by atoms with Gasteiger partial charge in [-0.1, -0.05) is 43.7 Å². The van der Waals surface area contributed by atoms with Crippen LogP contribution in [0.25, 0.3) is 0 Å². The molecule has 2 bridgehead atoms. The van der Waals surface area contributed by atoms with Gasteiger partial charge in [-0.3, -0.25) is 10.2 Å². The van der Waals surface area contributed by atoms with Gasteiger partial charge in [0.25, 0.3) is 0 Å². The normalized spacial score (nSPS) is 31.3. The summed E-state index contributed by atoms with van der Waals surface area (Å²) in [7, 11) is 0. The maximum absolute atomic E-state index is 12.1. The third-order valence-corrected chi connectivity index (χ3v) is 7.60. The molecule has 1 aromatic rings. The quantitative estimate of drug-likeness (QED) is 0.795. The zero-order chi connectivity index (χ0) is 17.9. The van der Waals surface area contributed by atoms with Crippen LogP contribution >= 0.6 is 0 Å². The highest BCUT2D eigenvalue weighted by Gasteiger charge is 2.51. The van der Waals surface area contributed by atoms with E-state index in [1.54, 1.807) is 5.57 Å². The number of anilines is 1. The van der Waals surface area contributed by atoms with Crippen molar-refractivity contribution >= 4 is 11.8 Å². The zero-order valence-electron chi connectivity index (χ0n) is 15.8. The van der Waals surface area contributed by atoms with Crippen molar-refractivity contribution in [3.63, 3.8) is 0 Å². The minimum Gasteiger partial charge on any atom is -0.438 e. The third-order valence-electron chi connectivity index (χ3n) is 7.60. The van der Waals surface area contributed by atoms with Gasteiger partial charge in [0.2, 0.25) is 0 Å². The molecule has 1 unspecified atom stereocenters. The highest BCUT2D eigenvalue weighted by atomic mass is 16.6. The second kappa shape index (κ2) is 5.59. The lowest BCUT2D eigenvalue weighted by atomic mass is 9.49. The van der Waals surface area contributed by atoms with E-state index in [0.717, 1.165) is 55.6 Å². The molecule has 1 amide bonds. The number of carbonyl (C=O) groups excluding carboxylic acids is 1. The molecule has 26 heavy (non-hydrogen) atoms. The van der Waals surface area contributed by atoms with Crippen LogP contribution < -0.4 is 5.32 Å². The van der Waals surface area contributed by atoms with Crippen LogP contribution in [0, 0.1) is 17.3 Å². The smallest absolute Gasteiger partial charge is 0.412 e. The number of benzene rings is 1. The second-order valence-corrected chi connectivity index (χ2v) is 9.15. The first-order valence-electron chi connectivity index (χ1n) is 9.99. The molecule has 2 fully saturated rings. The molecule has 0 aromatic heterocycles. The van der Waals surface area contributed by atoms with E-state index in [1.807, 2.05) is 18.2 Å². The Morgan fingerprint density at radius 3 is 2.73 bits per heavy atom. The van der Waals surface area contributed by atoms with Crippen molar-refractivity contribution in [3.05, 3.63) is 41.5 Å². The topological polar surface area (TPSA) is 41.6 Å². The molecule has 4 nitrogen and oxygen atoms in total. The predicted molar refractivity (Wildman–Crippen MR) is 102 cm³/mol. The van der Waals surface area contributed by atoms with E-state index < -0.39 is 5.60 Å². The molecule has 138 valence electrons. The van der Waals surface area contributed by atoms with Crippen molar-refractivity contribution < 1.29 is 9.53 Å². The van der Waals surface area contributed by atoms with Crippen LogP contribution in [0.2, 0.25) is 0 Å². The van der Waals surface area contributed by atoms with E-state index in [-0.39, 0.29) is 6.09 Å². The van der Waals surface area contributed by atoms with E-state index in [2.05, 4.69) is 36.2 Å². The van der Waals surface area contributed by atoms with E-state index in [4.69, 9.17) is 4.74 Å². The fourth-order valence-electron chi connectivity index (χ4n) is 5.72. The van der Waals surface area contributed by atoms with Crippen LogP contribution in [-0.2, 0) is 10.3 Å². The Kier molecular flexibility index (Phi) is 3.52. The van der Waals surface area contributed by atoms with Crippen molar-refractivity contribution in [1.29, 1.82) is 0 Å². The van der Waals surface area contributed by atoms with Crippen molar-refractivity contribution in [2.24, 2.45) is 17.3 Å². The van der Waals surface area contributed by atoms with Crippen molar-refractivity contribution in [3.8, 4) is 0 Å². The summed E-state index contributed by atoms with van der Waals surface area (Å²) in [6.45, 7) is 7.93. The summed E-state index contributed by atoms with van der Waals surface area (Å²) in [5, 5.41) is 2.84. The van der Waals surface area contributed by atoms with E-state index >= 15 is 0 Å². The first kappa shape index (κ1) is 16.4. The lowest BCUT2D eigenvalue weighted by Crippen LogP contribution is -2.52. The molecule has 5 aliphatic rings. The number of carbonyl (C=O) groups is 1. The summed E-state index contributed by atoms with van der Waals surface area (Å²) in [6.07, 6.45) is 6.59. The Morgan fingerprint density at radius 1 is 1.23 bits per heavy atom. The van der Waals surface area contributed by atoms with Crippen LogP contribution in [0.5, 0.6) is 0 Å². The van der Waals surface area contributed by atoms with E-state index in [9.17, 15) is 4.79 Å². The molecular weight excluding hydrogens is 324 g/mol. The van der Waals surface area contributed by atoms with Gasteiger partial charge in [-0.2, -0.15) is 0 Å². The molecule has 6 rings (SSSR count). The Balaban J connectivity index is 1.30. The molecule has 1 aromatic carbocycles. The number of likely N-dealkylation sites (tertiary alicyclic amines) is 1. The molecular formula is C22H28N2O2. The summed E-state index contributed by atoms with van der Waals surface area (Å²) in [6, 6.07) is 8.09. The standard InChI is InChI=1S/C22H28N2O2/c1-21(2)16-8-7-15(18(21)13-16)14-24-11-9-22(10-12-24)17-5-3-4-6-19(17)23-20(25)26-22/h3-7,16,18H,8-14H2,1-2H3,(H,23,25)/t16?,18-/m0/s1. The number of fused-ring (bicyclic) bond motifs is 3. The molecule has 1 saturated heterocycles. The fourth-order valence-corrected chi connectivity index (χ4v) is 5.72. The number of amides is 1. The van der Waals surface area contributed by atoms with Crippen LogP contribution in [0.4, 0.5) is 10.5 Å². The second-order valence-electron chi connectivity index (χ2n) is 9.15. The number of allylic oxidation sites excluding steroid dienone is 1. The van der Waals surface area contributed by atoms with Gasteiger partial charge in [0.15, 0.2) is 0 Å². The molecule has 0 radical (unpaired) electrons. The number of rotatable bonds is 2. The minimum absolute atomic E-state index is 0.311. The summed E-state index contributed by atoms with van der Waals surface area (Å²) in [5.74, 6) is 1.67.